The van der Waals surface area contributed by atoms with E-state index in [2.05, 4.69) is 46.7 Å². The number of rotatable bonds is 5. The second-order valence-electron chi connectivity index (χ2n) is 7.23. The first-order chi connectivity index (χ1) is 14.5. The highest BCUT2D eigenvalue weighted by Gasteiger charge is 2.33. The molecule has 2 aliphatic rings. The van der Waals surface area contributed by atoms with Crippen LogP contribution in [0.2, 0.25) is 0 Å². The molecule has 154 valence electrons. The molecule has 2 heterocycles. The van der Waals surface area contributed by atoms with E-state index in [-0.39, 0.29) is 18.2 Å². The van der Waals surface area contributed by atoms with Crippen molar-refractivity contribution in [1.82, 2.24) is 5.32 Å². The van der Waals surface area contributed by atoms with E-state index in [1.54, 1.807) is 0 Å². The summed E-state index contributed by atoms with van der Waals surface area (Å²) >= 11 is 2.96. The largest absolute Gasteiger partial charge is 0.481 e. The molecule has 0 bridgehead atoms. The summed E-state index contributed by atoms with van der Waals surface area (Å²) in [7, 11) is 0. The Labute approximate surface area is 183 Å². The normalized spacial score (nSPS) is 23.4. The third-order valence-corrected chi connectivity index (χ3v) is 7.49. The second kappa shape index (κ2) is 9.06. The molecule has 2 aliphatic heterocycles. The SMILES string of the molecule is Cc1cccc2c1SCC(Cc1ccccc1)/C2=N/N=C1/NC(=O)C(CC(=O)O)S1. The van der Waals surface area contributed by atoms with Crippen molar-refractivity contribution in [2.75, 3.05) is 5.75 Å². The van der Waals surface area contributed by atoms with Gasteiger partial charge in [0.2, 0.25) is 5.91 Å². The molecule has 1 fully saturated rings. The number of benzene rings is 2. The molecule has 4 rings (SSSR count). The number of carbonyl (C=O) groups is 2. The molecule has 0 spiro atoms. The maximum atomic E-state index is 12.0. The van der Waals surface area contributed by atoms with Crippen LogP contribution in [-0.4, -0.2) is 38.9 Å². The molecule has 8 heteroatoms. The van der Waals surface area contributed by atoms with Gasteiger partial charge in [-0.3, -0.25) is 9.59 Å². The molecule has 2 aromatic rings. The molecule has 1 saturated heterocycles. The first-order valence-electron chi connectivity index (χ1n) is 9.63. The van der Waals surface area contributed by atoms with E-state index >= 15 is 0 Å². The molecular weight excluding hydrogens is 418 g/mol. The van der Waals surface area contributed by atoms with Crippen molar-refractivity contribution in [2.24, 2.45) is 16.1 Å². The monoisotopic (exact) mass is 439 g/mol. The molecule has 2 unspecified atom stereocenters. The van der Waals surface area contributed by atoms with Gasteiger partial charge in [0.05, 0.1) is 12.1 Å². The highest BCUT2D eigenvalue weighted by molar-refractivity contribution is 8.15. The predicted molar refractivity (Wildman–Crippen MR) is 121 cm³/mol. The third kappa shape index (κ3) is 4.60. The van der Waals surface area contributed by atoms with Gasteiger partial charge in [-0.05, 0) is 24.5 Å². The number of aliphatic carboxylic acids is 1. The van der Waals surface area contributed by atoms with E-state index in [9.17, 15) is 9.59 Å². The lowest BCUT2D eigenvalue weighted by Crippen LogP contribution is -2.27. The number of fused-ring (bicyclic) bond motifs is 1. The quantitative estimate of drug-likeness (QED) is 0.693. The Morgan fingerprint density at radius 2 is 1.97 bits per heavy atom. The highest BCUT2D eigenvalue weighted by atomic mass is 32.2. The average Bonchev–Trinajstić information content (AvgIpc) is 3.06. The number of thioether (sulfide) groups is 2. The van der Waals surface area contributed by atoms with E-state index in [1.165, 1.54) is 16.0 Å². The van der Waals surface area contributed by atoms with Crippen LogP contribution in [0.3, 0.4) is 0 Å². The fourth-order valence-corrected chi connectivity index (χ4v) is 5.74. The van der Waals surface area contributed by atoms with Crippen molar-refractivity contribution in [1.29, 1.82) is 0 Å². The van der Waals surface area contributed by atoms with Crippen molar-refractivity contribution < 1.29 is 14.7 Å². The minimum atomic E-state index is -1.01. The van der Waals surface area contributed by atoms with Gasteiger partial charge in [-0.15, -0.1) is 16.9 Å². The Kier molecular flexibility index (Phi) is 6.24. The molecule has 6 nitrogen and oxygen atoms in total. The fraction of sp³-hybridized carbons (Fsp3) is 0.273. The molecular formula is C22H21N3O3S2. The topological polar surface area (TPSA) is 91.1 Å². The molecule has 0 saturated carbocycles. The summed E-state index contributed by atoms with van der Waals surface area (Å²) in [5, 5.41) is 20.2. The van der Waals surface area contributed by atoms with E-state index in [0.717, 1.165) is 35.2 Å². The number of nitrogens with zero attached hydrogens (tertiary/aromatic N) is 2. The molecule has 0 aromatic heterocycles. The van der Waals surface area contributed by atoms with Crippen LogP contribution in [0.25, 0.3) is 0 Å². The Hall–Kier alpha value is -2.58. The first kappa shape index (κ1) is 20.7. The van der Waals surface area contributed by atoms with Crippen molar-refractivity contribution in [3.05, 3.63) is 65.2 Å². The number of amidine groups is 1. The number of nitrogens with one attached hydrogen (secondary N) is 1. The van der Waals surface area contributed by atoms with Gasteiger partial charge in [0, 0.05) is 22.1 Å². The Morgan fingerprint density at radius 1 is 1.17 bits per heavy atom. The summed E-state index contributed by atoms with van der Waals surface area (Å²) in [6, 6.07) is 16.5. The van der Waals surface area contributed by atoms with Crippen molar-refractivity contribution in [2.45, 2.75) is 29.9 Å². The van der Waals surface area contributed by atoms with E-state index in [0.29, 0.717) is 5.17 Å². The minimum absolute atomic E-state index is 0.188. The number of carboxylic acids is 1. The molecule has 1 amide bonds. The fourth-order valence-electron chi connectivity index (χ4n) is 3.56. The average molecular weight is 440 g/mol. The smallest absolute Gasteiger partial charge is 0.305 e. The van der Waals surface area contributed by atoms with Gasteiger partial charge in [-0.2, -0.15) is 5.10 Å². The Bertz CT molecular complexity index is 1040. The van der Waals surface area contributed by atoms with Crippen LogP contribution in [0, 0.1) is 12.8 Å². The zero-order chi connectivity index (χ0) is 21.1. The Morgan fingerprint density at radius 3 is 2.73 bits per heavy atom. The summed E-state index contributed by atoms with van der Waals surface area (Å²) in [6.07, 6.45) is 0.618. The molecule has 0 radical (unpaired) electrons. The lowest BCUT2D eigenvalue weighted by Gasteiger charge is -2.26. The molecule has 0 aliphatic carbocycles. The van der Waals surface area contributed by atoms with Crippen LogP contribution in [-0.2, 0) is 16.0 Å². The molecule has 30 heavy (non-hydrogen) atoms. The zero-order valence-electron chi connectivity index (χ0n) is 16.4. The minimum Gasteiger partial charge on any atom is -0.481 e. The van der Waals surface area contributed by atoms with Gasteiger partial charge in [0.25, 0.3) is 0 Å². The summed E-state index contributed by atoms with van der Waals surface area (Å²) in [4.78, 5) is 24.1. The first-order valence-corrected chi connectivity index (χ1v) is 11.5. The van der Waals surface area contributed by atoms with E-state index in [1.807, 2.05) is 36.0 Å². The molecule has 2 aromatic carbocycles. The molecule has 2 atom stereocenters. The predicted octanol–water partition coefficient (Wildman–Crippen LogP) is 3.73. The van der Waals surface area contributed by atoms with Crippen molar-refractivity contribution >= 4 is 46.3 Å². The Balaban J connectivity index is 1.65. The number of aryl methyl sites for hydroxylation is 1. The van der Waals surface area contributed by atoms with Gasteiger partial charge in [-0.1, -0.05) is 60.3 Å². The van der Waals surface area contributed by atoms with Crippen LogP contribution in [0.1, 0.15) is 23.1 Å². The van der Waals surface area contributed by atoms with Crippen molar-refractivity contribution in [3.8, 4) is 0 Å². The summed E-state index contributed by atoms with van der Waals surface area (Å²) < 4.78 is 0. The number of carbonyl (C=O) groups excluding carboxylic acids is 1. The summed E-state index contributed by atoms with van der Waals surface area (Å²) in [6.45, 7) is 2.09. The van der Waals surface area contributed by atoms with Gasteiger partial charge in [-0.25, -0.2) is 0 Å². The lowest BCUT2D eigenvalue weighted by molar-refractivity contribution is -0.138. The van der Waals surface area contributed by atoms with Crippen LogP contribution in [0.5, 0.6) is 0 Å². The lowest BCUT2D eigenvalue weighted by atomic mass is 9.91. The van der Waals surface area contributed by atoms with Crippen LogP contribution >= 0.6 is 23.5 Å². The number of amides is 1. The maximum Gasteiger partial charge on any atom is 0.305 e. The zero-order valence-corrected chi connectivity index (χ0v) is 18.0. The van der Waals surface area contributed by atoms with Crippen molar-refractivity contribution in [3.63, 3.8) is 0 Å². The maximum absolute atomic E-state index is 12.0. The van der Waals surface area contributed by atoms with Crippen LogP contribution < -0.4 is 5.32 Å². The standard InChI is InChI=1S/C22H21N3O3S2/c1-13-6-5-9-16-19(24-25-22-23-21(28)17(30-22)11-18(26)27)15(12-29-20(13)16)10-14-7-3-2-4-8-14/h2-9,15,17H,10-12H2,1H3,(H,26,27)(H,23,25,28)/b24-19-. The van der Waals surface area contributed by atoms with E-state index < -0.39 is 11.2 Å². The van der Waals surface area contributed by atoms with E-state index in [4.69, 9.17) is 5.11 Å². The van der Waals surface area contributed by atoms with Crippen LogP contribution in [0.4, 0.5) is 0 Å². The highest BCUT2D eigenvalue weighted by Crippen LogP contribution is 2.37. The van der Waals surface area contributed by atoms with Gasteiger partial charge in [0.1, 0.15) is 5.25 Å². The molecule has 2 N–H and O–H groups in total. The number of hydrogen-bond donors (Lipinski definition) is 2. The third-order valence-electron chi connectivity index (χ3n) is 5.01. The summed E-state index contributed by atoms with van der Waals surface area (Å²) in [5.41, 5.74) is 4.43. The summed E-state index contributed by atoms with van der Waals surface area (Å²) in [5.74, 6) is -0.255. The van der Waals surface area contributed by atoms with Gasteiger partial charge >= 0.3 is 5.97 Å². The van der Waals surface area contributed by atoms with Gasteiger partial charge < -0.3 is 10.4 Å². The second-order valence-corrected chi connectivity index (χ2v) is 9.45. The number of carboxylic acid groups (broad SMARTS) is 1. The van der Waals surface area contributed by atoms with Gasteiger partial charge in [0.15, 0.2) is 5.17 Å². The van der Waals surface area contributed by atoms with Crippen LogP contribution in [0.15, 0.2) is 63.6 Å². The number of hydrogen-bond acceptors (Lipinski definition) is 6.